The van der Waals surface area contributed by atoms with Crippen LogP contribution in [0.4, 0.5) is 10.5 Å². The monoisotopic (exact) mass is 369 g/mol. The molecule has 2 rings (SSSR count). The molecule has 25 heavy (non-hydrogen) atoms. The minimum absolute atomic E-state index is 0. The number of amides is 3. The van der Waals surface area contributed by atoms with Crippen LogP contribution in [0.2, 0.25) is 0 Å². The maximum Gasteiger partial charge on any atom is 0.325 e. The fraction of sp³-hybridized carbons (Fsp3) is 0.471. The second kappa shape index (κ2) is 8.82. The van der Waals surface area contributed by atoms with Crippen LogP contribution >= 0.6 is 12.4 Å². The summed E-state index contributed by atoms with van der Waals surface area (Å²) in [6.07, 6.45) is 0.516. The average Bonchev–Trinajstić information content (AvgIpc) is 2.99. The zero-order valence-electron chi connectivity index (χ0n) is 14.5. The number of imide groups is 1. The molecule has 0 bridgehead atoms. The summed E-state index contributed by atoms with van der Waals surface area (Å²) < 4.78 is 0. The Morgan fingerprint density at radius 2 is 1.96 bits per heavy atom. The predicted octanol–water partition coefficient (Wildman–Crippen LogP) is 2.17. The number of carbonyl (C=O) groups excluding carboxylic acids is 2. The molecule has 3 amide bonds. The maximum absolute atomic E-state index is 12.2. The smallest absolute Gasteiger partial charge is 0.325 e. The molecule has 1 aliphatic heterocycles. The van der Waals surface area contributed by atoms with Crippen LogP contribution < -0.4 is 10.6 Å². The number of carboxylic acid groups (broad SMARTS) is 1. The van der Waals surface area contributed by atoms with Gasteiger partial charge in [0.05, 0.1) is 12.0 Å². The van der Waals surface area contributed by atoms with Crippen molar-refractivity contribution in [3.8, 4) is 0 Å². The second-order valence-electron chi connectivity index (χ2n) is 6.26. The highest BCUT2D eigenvalue weighted by atomic mass is 35.5. The standard InChI is InChI=1S/C17H23N3O4.ClH/c1-10-4-5-14(11(2)8-10)18-17(24)19-15(21)12(3)20-7-6-13(9-20)16(22)23;/h4-5,8,12-13H,6-7,9H2,1-3H3,(H,22,23)(H2,18,19,21,24);1H. The molecule has 3 N–H and O–H groups in total. The van der Waals surface area contributed by atoms with Crippen molar-refractivity contribution in [2.75, 3.05) is 18.4 Å². The molecule has 0 spiro atoms. The first-order valence-corrected chi connectivity index (χ1v) is 7.94. The van der Waals surface area contributed by atoms with Crippen LogP contribution in [-0.2, 0) is 9.59 Å². The molecular weight excluding hydrogens is 346 g/mol. The molecule has 2 atom stereocenters. The Labute approximate surface area is 153 Å². The summed E-state index contributed by atoms with van der Waals surface area (Å²) in [7, 11) is 0. The van der Waals surface area contributed by atoms with Gasteiger partial charge in [0.2, 0.25) is 5.91 Å². The zero-order valence-corrected chi connectivity index (χ0v) is 15.4. The number of nitrogens with one attached hydrogen (secondary N) is 2. The molecule has 138 valence electrons. The van der Waals surface area contributed by atoms with Gasteiger partial charge in [0.15, 0.2) is 0 Å². The van der Waals surface area contributed by atoms with Crippen molar-refractivity contribution in [3.63, 3.8) is 0 Å². The van der Waals surface area contributed by atoms with Gasteiger partial charge < -0.3 is 10.4 Å². The van der Waals surface area contributed by atoms with E-state index < -0.39 is 29.9 Å². The lowest BCUT2D eigenvalue weighted by atomic mass is 10.1. The number of aryl methyl sites for hydroxylation is 2. The third-order valence-electron chi connectivity index (χ3n) is 4.36. The molecule has 0 aliphatic carbocycles. The zero-order chi connectivity index (χ0) is 17.9. The average molecular weight is 370 g/mol. The minimum atomic E-state index is -0.849. The van der Waals surface area contributed by atoms with Crippen molar-refractivity contribution in [1.29, 1.82) is 0 Å². The van der Waals surface area contributed by atoms with Gasteiger partial charge >= 0.3 is 12.0 Å². The van der Waals surface area contributed by atoms with E-state index in [9.17, 15) is 14.4 Å². The SMILES string of the molecule is Cc1ccc(NC(=O)NC(=O)C(C)N2CCC(C(=O)O)C2)c(C)c1.Cl. The number of hydrogen-bond acceptors (Lipinski definition) is 4. The summed E-state index contributed by atoms with van der Waals surface area (Å²) >= 11 is 0. The minimum Gasteiger partial charge on any atom is -0.481 e. The number of carboxylic acids is 1. The van der Waals surface area contributed by atoms with Gasteiger partial charge in [0, 0.05) is 12.2 Å². The lowest BCUT2D eigenvalue weighted by molar-refractivity contribution is -0.141. The Balaban J connectivity index is 0.00000312. The van der Waals surface area contributed by atoms with Crippen molar-refractivity contribution in [2.24, 2.45) is 5.92 Å². The number of hydrogen-bond donors (Lipinski definition) is 3. The molecule has 0 radical (unpaired) electrons. The summed E-state index contributed by atoms with van der Waals surface area (Å²) in [6.45, 7) is 6.36. The summed E-state index contributed by atoms with van der Waals surface area (Å²) in [4.78, 5) is 36.9. The van der Waals surface area contributed by atoms with Crippen molar-refractivity contribution in [2.45, 2.75) is 33.2 Å². The number of halogens is 1. The Morgan fingerprint density at radius 3 is 2.52 bits per heavy atom. The van der Waals surface area contributed by atoms with E-state index >= 15 is 0 Å². The number of anilines is 1. The third-order valence-corrected chi connectivity index (χ3v) is 4.36. The maximum atomic E-state index is 12.2. The molecule has 1 heterocycles. The quantitative estimate of drug-likeness (QED) is 0.755. The first-order valence-electron chi connectivity index (χ1n) is 7.94. The first-order chi connectivity index (χ1) is 11.3. The van der Waals surface area contributed by atoms with Gasteiger partial charge in [-0.15, -0.1) is 12.4 Å². The van der Waals surface area contributed by atoms with Crippen LogP contribution in [0, 0.1) is 19.8 Å². The number of urea groups is 1. The molecule has 7 nitrogen and oxygen atoms in total. The van der Waals surface area contributed by atoms with Crippen LogP contribution in [0.25, 0.3) is 0 Å². The normalized spacial score (nSPS) is 18.1. The van der Waals surface area contributed by atoms with Gasteiger partial charge in [0.25, 0.3) is 0 Å². The molecule has 8 heteroatoms. The third kappa shape index (κ3) is 5.44. The lowest BCUT2D eigenvalue weighted by Crippen LogP contribution is -2.47. The van der Waals surface area contributed by atoms with Gasteiger partial charge in [-0.3, -0.25) is 19.8 Å². The molecular formula is C17H24ClN3O4. The summed E-state index contributed by atoms with van der Waals surface area (Å²) in [5.41, 5.74) is 2.64. The van der Waals surface area contributed by atoms with Gasteiger partial charge in [0.1, 0.15) is 0 Å². The molecule has 1 aromatic carbocycles. The van der Waals surface area contributed by atoms with E-state index in [1.165, 1.54) is 0 Å². The molecule has 1 aliphatic rings. The number of likely N-dealkylation sites (tertiary alicyclic amines) is 1. The topological polar surface area (TPSA) is 98.7 Å². The second-order valence-corrected chi connectivity index (χ2v) is 6.26. The van der Waals surface area contributed by atoms with E-state index in [0.29, 0.717) is 25.2 Å². The highest BCUT2D eigenvalue weighted by Crippen LogP contribution is 2.19. The number of aliphatic carboxylic acids is 1. The van der Waals surface area contributed by atoms with Gasteiger partial charge in [-0.1, -0.05) is 17.7 Å². The van der Waals surface area contributed by atoms with Gasteiger partial charge in [-0.2, -0.15) is 0 Å². The Morgan fingerprint density at radius 1 is 1.28 bits per heavy atom. The Bertz CT molecular complexity index is 665. The molecule has 1 fully saturated rings. The first kappa shape index (κ1) is 20.9. The summed E-state index contributed by atoms with van der Waals surface area (Å²) in [6, 6.07) is 4.46. The Kier molecular flexibility index (Phi) is 7.38. The fourth-order valence-corrected chi connectivity index (χ4v) is 2.83. The van der Waals surface area contributed by atoms with Gasteiger partial charge in [-0.05, 0) is 45.4 Å². The van der Waals surface area contributed by atoms with E-state index in [1.54, 1.807) is 17.9 Å². The predicted molar refractivity (Wildman–Crippen MR) is 97.1 cm³/mol. The van der Waals surface area contributed by atoms with Gasteiger partial charge in [-0.25, -0.2) is 4.79 Å². The number of rotatable bonds is 4. The summed E-state index contributed by atoms with van der Waals surface area (Å²) in [5.74, 6) is -1.75. The van der Waals surface area contributed by atoms with E-state index in [1.807, 2.05) is 26.0 Å². The van der Waals surface area contributed by atoms with Crippen LogP contribution in [0.1, 0.15) is 24.5 Å². The highest BCUT2D eigenvalue weighted by Gasteiger charge is 2.33. The van der Waals surface area contributed by atoms with Crippen molar-refractivity contribution in [3.05, 3.63) is 29.3 Å². The largest absolute Gasteiger partial charge is 0.481 e. The molecule has 1 saturated heterocycles. The van der Waals surface area contributed by atoms with E-state index in [0.717, 1.165) is 11.1 Å². The lowest BCUT2D eigenvalue weighted by Gasteiger charge is -2.22. The Hall–Kier alpha value is -2.12. The van der Waals surface area contributed by atoms with E-state index in [2.05, 4.69) is 10.6 Å². The fourth-order valence-electron chi connectivity index (χ4n) is 2.83. The van der Waals surface area contributed by atoms with Crippen LogP contribution in [0.3, 0.4) is 0 Å². The van der Waals surface area contributed by atoms with Crippen molar-refractivity contribution >= 4 is 36.0 Å². The number of nitrogens with zero attached hydrogens (tertiary/aromatic N) is 1. The molecule has 0 aromatic heterocycles. The van der Waals surface area contributed by atoms with Crippen LogP contribution in [-0.4, -0.2) is 47.0 Å². The van der Waals surface area contributed by atoms with E-state index in [4.69, 9.17) is 5.11 Å². The van der Waals surface area contributed by atoms with Crippen LogP contribution in [0.5, 0.6) is 0 Å². The molecule has 1 aromatic rings. The van der Waals surface area contributed by atoms with E-state index in [-0.39, 0.29) is 12.4 Å². The number of carbonyl (C=O) groups is 3. The van der Waals surface area contributed by atoms with Crippen LogP contribution in [0.15, 0.2) is 18.2 Å². The van der Waals surface area contributed by atoms with Crippen molar-refractivity contribution in [1.82, 2.24) is 10.2 Å². The molecule has 2 unspecified atom stereocenters. The highest BCUT2D eigenvalue weighted by molar-refractivity contribution is 6.03. The summed E-state index contributed by atoms with van der Waals surface area (Å²) in [5, 5.41) is 14.0. The molecule has 0 saturated carbocycles. The van der Waals surface area contributed by atoms with Crippen molar-refractivity contribution < 1.29 is 19.5 Å². The number of benzene rings is 1.